The summed E-state index contributed by atoms with van der Waals surface area (Å²) in [7, 11) is 0. The Bertz CT molecular complexity index is 1140. The van der Waals surface area contributed by atoms with Crippen LogP contribution in [0.4, 0.5) is 5.69 Å². The highest BCUT2D eigenvalue weighted by atomic mass is 16.2. The number of imidazole rings is 1. The Balaban J connectivity index is 1.28. The summed E-state index contributed by atoms with van der Waals surface area (Å²) in [5.74, 6) is -0.197. The minimum atomic E-state index is -0.164. The van der Waals surface area contributed by atoms with E-state index in [1.54, 1.807) is 4.57 Å². The minimum Gasteiger partial charge on any atom is -0.352 e. The fraction of sp³-hybridized carbons (Fsp3) is 0.375. The monoisotopic (exact) mass is 435 g/mol. The summed E-state index contributed by atoms with van der Waals surface area (Å²) in [6.07, 6.45) is 1.55. The Morgan fingerprint density at radius 3 is 2.16 bits per heavy atom. The summed E-state index contributed by atoms with van der Waals surface area (Å²) < 4.78 is 3.22. The molecule has 2 N–H and O–H groups in total. The van der Waals surface area contributed by atoms with Gasteiger partial charge in [0.15, 0.2) is 0 Å². The molecule has 1 aliphatic heterocycles. The topological polar surface area (TPSA) is 88.4 Å². The first kappa shape index (κ1) is 21.8. The molecule has 4 rings (SSSR count). The van der Waals surface area contributed by atoms with E-state index in [-0.39, 0.29) is 30.1 Å². The molecule has 0 spiro atoms. The lowest BCUT2D eigenvalue weighted by molar-refractivity contribution is -0.123. The van der Waals surface area contributed by atoms with Crippen LogP contribution in [0.15, 0.2) is 59.4 Å². The van der Waals surface area contributed by atoms with Crippen molar-refractivity contribution in [3.8, 4) is 0 Å². The maximum Gasteiger partial charge on any atom is 0.329 e. The summed E-state index contributed by atoms with van der Waals surface area (Å²) in [4.78, 5) is 39.8. The number of aryl methyl sites for hydroxylation is 1. The van der Waals surface area contributed by atoms with E-state index < -0.39 is 0 Å². The summed E-state index contributed by atoms with van der Waals surface area (Å²) in [6.45, 7) is 4.30. The van der Waals surface area contributed by atoms with Crippen molar-refractivity contribution in [3.63, 3.8) is 0 Å². The highest BCUT2D eigenvalue weighted by Gasteiger charge is 2.23. The number of piperidine rings is 1. The number of benzene rings is 2. The van der Waals surface area contributed by atoms with Crippen LogP contribution in [-0.4, -0.2) is 51.5 Å². The third kappa shape index (κ3) is 4.91. The van der Waals surface area contributed by atoms with Crippen molar-refractivity contribution in [2.45, 2.75) is 38.9 Å². The predicted octanol–water partition coefficient (Wildman–Crippen LogP) is 2.04. The van der Waals surface area contributed by atoms with E-state index in [4.69, 9.17) is 0 Å². The number of amides is 2. The molecule has 1 aromatic heterocycles. The molecule has 32 heavy (non-hydrogen) atoms. The van der Waals surface area contributed by atoms with Crippen molar-refractivity contribution in [2.75, 3.05) is 25.0 Å². The molecule has 0 saturated carbocycles. The number of anilines is 1. The molecule has 0 bridgehead atoms. The molecule has 0 radical (unpaired) electrons. The van der Waals surface area contributed by atoms with Gasteiger partial charge in [-0.15, -0.1) is 0 Å². The second-order valence-corrected chi connectivity index (χ2v) is 8.13. The van der Waals surface area contributed by atoms with Crippen LogP contribution >= 0.6 is 0 Å². The van der Waals surface area contributed by atoms with Gasteiger partial charge in [0.05, 0.1) is 17.6 Å². The van der Waals surface area contributed by atoms with Crippen molar-refractivity contribution in [3.05, 3.63) is 65.1 Å². The van der Waals surface area contributed by atoms with Gasteiger partial charge in [-0.05, 0) is 44.0 Å². The van der Waals surface area contributed by atoms with E-state index in [0.29, 0.717) is 13.1 Å². The maximum atomic E-state index is 12.7. The molecular weight excluding hydrogens is 406 g/mol. The number of para-hydroxylation sites is 3. The first-order chi connectivity index (χ1) is 15.5. The molecule has 1 aliphatic rings. The van der Waals surface area contributed by atoms with Crippen molar-refractivity contribution < 1.29 is 9.59 Å². The standard InChI is InChI=1S/C24H29N5O3/c1-2-28-20-10-6-7-11-21(20)29(24(28)32)17-23(31)26-19-12-14-27(15-13-19)16-22(30)25-18-8-4-3-5-9-18/h3-11,19H,2,12-17H2,1H3,(H,25,30)(H,26,31). The largest absolute Gasteiger partial charge is 0.352 e. The molecular formula is C24H29N5O3. The second-order valence-electron chi connectivity index (χ2n) is 8.13. The van der Waals surface area contributed by atoms with Gasteiger partial charge >= 0.3 is 5.69 Å². The van der Waals surface area contributed by atoms with Crippen LogP contribution in [0, 0.1) is 0 Å². The molecule has 2 heterocycles. The van der Waals surface area contributed by atoms with Gasteiger partial charge in [-0.2, -0.15) is 0 Å². The SMILES string of the molecule is CCn1c(=O)n(CC(=O)NC2CCN(CC(=O)Nc3ccccc3)CC2)c2ccccc21. The van der Waals surface area contributed by atoms with Crippen LogP contribution in [0.25, 0.3) is 11.0 Å². The summed E-state index contributed by atoms with van der Waals surface area (Å²) in [6, 6.07) is 17.0. The lowest BCUT2D eigenvalue weighted by atomic mass is 10.0. The van der Waals surface area contributed by atoms with Crippen LogP contribution in [0.3, 0.4) is 0 Å². The number of rotatable bonds is 7. The Morgan fingerprint density at radius 1 is 0.875 bits per heavy atom. The second kappa shape index (κ2) is 9.82. The van der Waals surface area contributed by atoms with Crippen molar-refractivity contribution in [2.24, 2.45) is 0 Å². The predicted molar refractivity (Wildman–Crippen MR) is 125 cm³/mol. The Labute approximate surface area is 186 Å². The van der Waals surface area contributed by atoms with E-state index in [1.807, 2.05) is 61.5 Å². The number of hydrogen-bond acceptors (Lipinski definition) is 4. The van der Waals surface area contributed by atoms with Crippen LogP contribution in [-0.2, 0) is 22.7 Å². The first-order valence-electron chi connectivity index (χ1n) is 11.1. The molecule has 8 nitrogen and oxygen atoms in total. The van der Waals surface area contributed by atoms with Gasteiger partial charge in [-0.1, -0.05) is 30.3 Å². The number of carbonyl (C=O) groups excluding carboxylic acids is 2. The van der Waals surface area contributed by atoms with Gasteiger partial charge < -0.3 is 10.6 Å². The Hall–Kier alpha value is -3.39. The summed E-state index contributed by atoms with van der Waals surface area (Å²) in [5.41, 5.74) is 2.24. The lowest BCUT2D eigenvalue weighted by Crippen LogP contribution is -2.47. The van der Waals surface area contributed by atoms with Crippen LogP contribution in [0.1, 0.15) is 19.8 Å². The molecule has 8 heteroatoms. The minimum absolute atomic E-state index is 0.00599. The molecule has 0 aliphatic carbocycles. The smallest absolute Gasteiger partial charge is 0.329 e. The fourth-order valence-corrected chi connectivity index (χ4v) is 4.31. The zero-order chi connectivity index (χ0) is 22.5. The normalized spacial score (nSPS) is 15.0. The fourth-order valence-electron chi connectivity index (χ4n) is 4.31. The van der Waals surface area contributed by atoms with Gasteiger partial charge in [0.1, 0.15) is 6.54 Å². The van der Waals surface area contributed by atoms with Gasteiger partial charge in [-0.25, -0.2) is 4.79 Å². The number of nitrogens with one attached hydrogen (secondary N) is 2. The maximum absolute atomic E-state index is 12.7. The van der Waals surface area contributed by atoms with Gasteiger partial charge in [0.25, 0.3) is 0 Å². The summed E-state index contributed by atoms with van der Waals surface area (Å²) in [5, 5.41) is 5.97. The van der Waals surface area contributed by atoms with Crippen molar-refractivity contribution in [1.29, 1.82) is 0 Å². The van der Waals surface area contributed by atoms with Gasteiger partial charge in [0.2, 0.25) is 11.8 Å². The number of nitrogens with zero attached hydrogens (tertiary/aromatic N) is 3. The van der Waals surface area contributed by atoms with E-state index in [1.165, 1.54) is 4.57 Å². The quantitative estimate of drug-likeness (QED) is 0.595. The lowest BCUT2D eigenvalue weighted by Gasteiger charge is -2.31. The number of hydrogen-bond donors (Lipinski definition) is 2. The molecule has 0 atom stereocenters. The molecule has 1 saturated heterocycles. The highest BCUT2D eigenvalue weighted by Crippen LogP contribution is 2.14. The van der Waals surface area contributed by atoms with E-state index in [9.17, 15) is 14.4 Å². The zero-order valence-corrected chi connectivity index (χ0v) is 18.3. The zero-order valence-electron chi connectivity index (χ0n) is 18.3. The number of carbonyl (C=O) groups is 2. The van der Waals surface area contributed by atoms with Crippen molar-refractivity contribution >= 4 is 28.5 Å². The van der Waals surface area contributed by atoms with Crippen LogP contribution in [0.2, 0.25) is 0 Å². The van der Waals surface area contributed by atoms with E-state index in [2.05, 4.69) is 15.5 Å². The molecule has 168 valence electrons. The number of aromatic nitrogens is 2. The molecule has 2 aromatic carbocycles. The molecule has 2 amide bonds. The molecule has 1 fully saturated rings. The highest BCUT2D eigenvalue weighted by molar-refractivity contribution is 5.92. The Kier molecular flexibility index (Phi) is 6.70. The first-order valence-corrected chi connectivity index (χ1v) is 11.1. The average Bonchev–Trinajstić information content (AvgIpc) is 3.06. The molecule has 0 unspecified atom stereocenters. The van der Waals surface area contributed by atoms with Crippen LogP contribution < -0.4 is 16.3 Å². The van der Waals surface area contributed by atoms with Crippen molar-refractivity contribution in [1.82, 2.24) is 19.4 Å². The average molecular weight is 436 g/mol. The number of likely N-dealkylation sites (tertiary alicyclic amines) is 1. The van der Waals surface area contributed by atoms with Gasteiger partial charge in [-0.3, -0.25) is 23.6 Å². The van der Waals surface area contributed by atoms with Crippen LogP contribution in [0.5, 0.6) is 0 Å². The molecule has 3 aromatic rings. The summed E-state index contributed by atoms with van der Waals surface area (Å²) >= 11 is 0. The van der Waals surface area contributed by atoms with E-state index >= 15 is 0 Å². The third-order valence-electron chi connectivity index (χ3n) is 5.92. The number of fused-ring (bicyclic) bond motifs is 1. The Morgan fingerprint density at radius 2 is 1.50 bits per heavy atom. The third-order valence-corrected chi connectivity index (χ3v) is 5.92. The van der Waals surface area contributed by atoms with Gasteiger partial charge in [0, 0.05) is 31.4 Å². The van der Waals surface area contributed by atoms with E-state index in [0.717, 1.165) is 42.7 Å².